The quantitative estimate of drug-likeness (QED) is 0.681. The molecule has 1 atom stereocenters. The van der Waals surface area contributed by atoms with Crippen molar-refractivity contribution in [2.24, 2.45) is 0 Å². The first kappa shape index (κ1) is 14.1. The highest BCUT2D eigenvalue weighted by atomic mass is 16.3. The van der Waals surface area contributed by atoms with Gasteiger partial charge in [0, 0.05) is 17.1 Å². The largest absolute Gasteiger partial charge is 0.467 e. The molecule has 2 heterocycles. The van der Waals surface area contributed by atoms with E-state index in [2.05, 4.69) is 10.3 Å². The van der Waals surface area contributed by atoms with Crippen LogP contribution in [0.15, 0.2) is 58.1 Å². The number of aliphatic hydroxyl groups is 1. The molecule has 6 heteroatoms. The number of para-hydroxylation sites is 1. The summed E-state index contributed by atoms with van der Waals surface area (Å²) >= 11 is 0. The van der Waals surface area contributed by atoms with Crippen LogP contribution in [0.1, 0.15) is 22.2 Å². The number of rotatable bonds is 4. The van der Waals surface area contributed by atoms with Crippen molar-refractivity contribution < 1.29 is 14.3 Å². The molecule has 0 saturated carbocycles. The third-order valence-corrected chi connectivity index (χ3v) is 3.41. The second-order valence-electron chi connectivity index (χ2n) is 4.80. The third kappa shape index (κ3) is 2.51. The Labute approximate surface area is 125 Å². The summed E-state index contributed by atoms with van der Waals surface area (Å²) in [5.41, 5.74) is 0.292. The lowest BCUT2D eigenvalue weighted by atomic mass is 10.1. The number of nitrogens with one attached hydrogen (secondary N) is 2. The molecule has 3 N–H and O–H groups in total. The standard InChI is InChI=1S/C16H14N2O4/c19-9-13(14-6-3-7-22-14)18-16(21)11-8-17-12-5-2-1-4-10(12)15(11)20/h1-8,13,19H,9H2,(H,17,20)(H,18,21). The highest BCUT2D eigenvalue weighted by Crippen LogP contribution is 2.13. The molecule has 0 radical (unpaired) electrons. The number of hydrogen-bond acceptors (Lipinski definition) is 4. The van der Waals surface area contributed by atoms with E-state index in [-0.39, 0.29) is 17.6 Å². The Morgan fingerprint density at radius 3 is 2.82 bits per heavy atom. The second kappa shape index (κ2) is 5.87. The second-order valence-corrected chi connectivity index (χ2v) is 4.80. The van der Waals surface area contributed by atoms with E-state index in [4.69, 9.17) is 4.42 Å². The minimum atomic E-state index is -0.701. The monoisotopic (exact) mass is 298 g/mol. The van der Waals surface area contributed by atoms with Crippen LogP contribution < -0.4 is 10.7 Å². The highest BCUT2D eigenvalue weighted by molar-refractivity contribution is 5.97. The molecule has 0 spiro atoms. The predicted molar refractivity (Wildman–Crippen MR) is 80.6 cm³/mol. The summed E-state index contributed by atoms with van der Waals surface area (Å²) in [5, 5.41) is 12.4. The molecule has 3 aromatic rings. The summed E-state index contributed by atoms with van der Waals surface area (Å²) in [7, 11) is 0. The van der Waals surface area contributed by atoms with Crippen molar-refractivity contribution in [3.63, 3.8) is 0 Å². The number of hydrogen-bond donors (Lipinski definition) is 3. The third-order valence-electron chi connectivity index (χ3n) is 3.41. The molecular weight excluding hydrogens is 284 g/mol. The summed E-state index contributed by atoms with van der Waals surface area (Å²) in [6.45, 7) is -0.329. The molecule has 6 nitrogen and oxygen atoms in total. The number of H-pyrrole nitrogens is 1. The molecule has 0 saturated heterocycles. The van der Waals surface area contributed by atoms with Gasteiger partial charge in [-0.3, -0.25) is 9.59 Å². The van der Waals surface area contributed by atoms with Gasteiger partial charge in [-0.05, 0) is 24.3 Å². The number of carbonyl (C=O) groups excluding carboxylic acids is 1. The van der Waals surface area contributed by atoms with Crippen molar-refractivity contribution in [1.29, 1.82) is 0 Å². The summed E-state index contributed by atoms with van der Waals surface area (Å²) in [5.74, 6) is -0.143. The maximum absolute atomic E-state index is 12.4. The Hall–Kier alpha value is -2.86. The van der Waals surface area contributed by atoms with Gasteiger partial charge in [-0.15, -0.1) is 0 Å². The lowest BCUT2D eigenvalue weighted by Crippen LogP contribution is -2.33. The Morgan fingerprint density at radius 1 is 1.27 bits per heavy atom. The van der Waals surface area contributed by atoms with Crippen molar-refractivity contribution in [2.45, 2.75) is 6.04 Å². The zero-order valence-electron chi connectivity index (χ0n) is 11.6. The summed E-state index contributed by atoms with van der Waals surface area (Å²) < 4.78 is 5.16. The van der Waals surface area contributed by atoms with Crippen LogP contribution in [0.5, 0.6) is 0 Å². The number of aliphatic hydroxyl groups excluding tert-OH is 1. The topological polar surface area (TPSA) is 95.3 Å². The number of furan rings is 1. The number of aromatic amines is 1. The highest BCUT2D eigenvalue weighted by Gasteiger charge is 2.19. The van der Waals surface area contributed by atoms with Gasteiger partial charge >= 0.3 is 0 Å². The Morgan fingerprint density at radius 2 is 2.09 bits per heavy atom. The van der Waals surface area contributed by atoms with Crippen LogP contribution in [0.25, 0.3) is 10.9 Å². The molecule has 0 fully saturated rings. The Balaban J connectivity index is 1.92. The molecule has 2 aromatic heterocycles. The number of carbonyl (C=O) groups is 1. The molecule has 3 rings (SSSR count). The van der Waals surface area contributed by atoms with E-state index in [0.29, 0.717) is 16.7 Å². The van der Waals surface area contributed by atoms with Gasteiger partial charge in [0.1, 0.15) is 17.4 Å². The molecular formula is C16H14N2O4. The van der Waals surface area contributed by atoms with Crippen LogP contribution >= 0.6 is 0 Å². The van der Waals surface area contributed by atoms with Gasteiger partial charge in [0.25, 0.3) is 5.91 Å². The zero-order chi connectivity index (χ0) is 15.5. The smallest absolute Gasteiger partial charge is 0.257 e. The first-order chi connectivity index (χ1) is 10.7. The summed E-state index contributed by atoms with van der Waals surface area (Å²) in [6, 6.07) is 9.56. The van der Waals surface area contributed by atoms with Gasteiger partial charge in [-0.2, -0.15) is 0 Å². The van der Waals surface area contributed by atoms with Crippen molar-refractivity contribution >= 4 is 16.8 Å². The van der Waals surface area contributed by atoms with E-state index in [1.165, 1.54) is 12.5 Å². The van der Waals surface area contributed by atoms with Crippen LogP contribution in [-0.4, -0.2) is 22.6 Å². The van der Waals surface area contributed by atoms with E-state index in [1.807, 2.05) is 0 Å². The minimum absolute atomic E-state index is 0.0105. The number of benzene rings is 1. The van der Waals surface area contributed by atoms with E-state index in [0.717, 1.165) is 0 Å². The van der Waals surface area contributed by atoms with Crippen LogP contribution in [0.2, 0.25) is 0 Å². The van der Waals surface area contributed by atoms with E-state index >= 15 is 0 Å². The van der Waals surface area contributed by atoms with Crippen molar-refractivity contribution in [3.05, 3.63) is 70.4 Å². The zero-order valence-corrected chi connectivity index (χ0v) is 11.6. The fraction of sp³-hybridized carbons (Fsp3) is 0.125. The van der Waals surface area contributed by atoms with Crippen LogP contribution in [0, 0.1) is 0 Å². The molecule has 1 amide bonds. The Kier molecular flexibility index (Phi) is 3.76. The number of amides is 1. The van der Waals surface area contributed by atoms with Crippen molar-refractivity contribution in [3.8, 4) is 0 Å². The SMILES string of the molecule is O=C(NC(CO)c1ccco1)c1c[nH]c2ccccc2c1=O. The van der Waals surface area contributed by atoms with Crippen LogP contribution in [0.3, 0.4) is 0 Å². The van der Waals surface area contributed by atoms with Gasteiger partial charge in [-0.1, -0.05) is 12.1 Å². The molecule has 112 valence electrons. The fourth-order valence-electron chi connectivity index (χ4n) is 2.27. The fourth-order valence-corrected chi connectivity index (χ4v) is 2.27. The predicted octanol–water partition coefficient (Wildman–Crippen LogP) is 1.58. The van der Waals surface area contributed by atoms with E-state index in [9.17, 15) is 14.7 Å². The maximum atomic E-state index is 12.4. The van der Waals surface area contributed by atoms with Gasteiger partial charge < -0.3 is 19.8 Å². The van der Waals surface area contributed by atoms with Gasteiger partial charge in [0.2, 0.25) is 5.43 Å². The minimum Gasteiger partial charge on any atom is -0.467 e. The number of pyridine rings is 1. The molecule has 0 aliphatic rings. The molecule has 1 aromatic carbocycles. The Bertz CT molecular complexity index is 852. The van der Waals surface area contributed by atoms with Crippen molar-refractivity contribution in [1.82, 2.24) is 10.3 Å². The average molecular weight is 298 g/mol. The molecule has 0 bridgehead atoms. The summed E-state index contributed by atoms with van der Waals surface area (Å²) in [6.07, 6.45) is 2.82. The van der Waals surface area contributed by atoms with Crippen LogP contribution in [-0.2, 0) is 0 Å². The van der Waals surface area contributed by atoms with Gasteiger partial charge in [0.05, 0.1) is 12.9 Å². The first-order valence-corrected chi connectivity index (χ1v) is 6.76. The lowest BCUT2D eigenvalue weighted by molar-refractivity contribution is 0.0906. The molecule has 0 aliphatic carbocycles. The van der Waals surface area contributed by atoms with Gasteiger partial charge in [-0.25, -0.2) is 0 Å². The van der Waals surface area contributed by atoms with E-state index in [1.54, 1.807) is 36.4 Å². The number of aromatic nitrogens is 1. The molecule has 0 aliphatic heterocycles. The summed E-state index contributed by atoms with van der Waals surface area (Å²) in [4.78, 5) is 27.6. The molecule has 1 unspecified atom stereocenters. The van der Waals surface area contributed by atoms with E-state index < -0.39 is 11.9 Å². The van der Waals surface area contributed by atoms with Crippen LogP contribution in [0.4, 0.5) is 0 Å². The van der Waals surface area contributed by atoms with Gasteiger partial charge in [0.15, 0.2) is 0 Å². The number of fused-ring (bicyclic) bond motifs is 1. The first-order valence-electron chi connectivity index (χ1n) is 6.76. The van der Waals surface area contributed by atoms with Crippen molar-refractivity contribution in [2.75, 3.05) is 6.61 Å². The normalized spacial score (nSPS) is 12.2. The maximum Gasteiger partial charge on any atom is 0.257 e. The molecule has 22 heavy (non-hydrogen) atoms. The average Bonchev–Trinajstić information content (AvgIpc) is 3.07. The lowest BCUT2D eigenvalue weighted by Gasteiger charge is -2.13.